The predicted octanol–water partition coefficient (Wildman–Crippen LogP) is -1.66. The first-order chi connectivity index (χ1) is 14.5. The molecule has 102 valence electrons. The van der Waals surface area contributed by atoms with Crippen molar-refractivity contribution in [3.05, 3.63) is 16.7 Å². The number of rotatable bonds is 5. The molecule has 0 bridgehead atoms. The lowest BCUT2D eigenvalue weighted by Gasteiger charge is -2.13. The number of imidazole rings is 1. The van der Waals surface area contributed by atoms with Crippen LogP contribution in [0.15, 0.2) is 11.1 Å². The van der Waals surface area contributed by atoms with Crippen LogP contribution in [0.1, 0.15) is 23.5 Å². The second-order valence-electron chi connectivity index (χ2n) is 3.34. The molecule has 0 spiro atoms. The van der Waals surface area contributed by atoms with Crippen molar-refractivity contribution in [2.75, 3.05) is 12.3 Å². The zero-order chi connectivity index (χ0) is 24.7. The van der Waals surface area contributed by atoms with Crippen LogP contribution < -0.4 is 11.3 Å². The van der Waals surface area contributed by atoms with E-state index in [0.717, 1.165) is 0 Å². The first kappa shape index (κ1) is 4.27. The molecule has 0 saturated carbocycles. The van der Waals surface area contributed by atoms with Crippen molar-refractivity contribution >= 4 is 17.1 Å². The van der Waals surface area contributed by atoms with Crippen molar-refractivity contribution in [1.29, 1.82) is 2.86 Å². The Kier molecular flexibility index (Phi) is 0.965. The summed E-state index contributed by atoms with van der Waals surface area (Å²) in [6.07, 6.45) is -15.9. The molecule has 3 rings (SSSR count). The molecule has 9 nitrogen and oxygen atoms in total. The molecule has 9 heteroatoms. The van der Waals surface area contributed by atoms with Gasteiger partial charge in [0.1, 0.15) is 13.7 Å². The highest BCUT2D eigenvalue weighted by molar-refractivity contribution is 5.70. The molecule has 0 unspecified atom stereocenters. The fourth-order valence-corrected chi connectivity index (χ4v) is 1.45. The van der Waals surface area contributed by atoms with Gasteiger partial charge < -0.3 is 20.7 Å². The van der Waals surface area contributed by atoms with Crippen LogP contribution in [-0.2, 0) is 4.74 Å². The lowest BCUT2D eigenvalue weighted by atomic mass is 10.2. The molecule has 2 aromatic rings. The topological polar surface area (TPSA) is 139 Å². The van der Waals surface area contributed by atoms with Gasteiger partial charge >= 0.3 is 0 Å². The van der Waals surface area contributed by atoms with Crippen LogP contribution >= 0.6 is 0 Å². The molecule has 0 amide bonds. The second kappa shape index (κ2) is 4.30. The number of nitrogen functional groups attached to an aromatic ring is 1. The molecule has 3 heterocycles. The number of H-pyrrole nitrogens is 1. The smallest absolute Gasteiger partial charge is 0.280 e. The van der Waals surface area contributed by atoms with Gasteiger partial charge in [-0.15, -0.1) is 0 Å². The normalized spacial score (nSPS) is 51.7. The van der Waals surface area contributed by atoms with Gasteiger partial charge in [-0.05, 0) is 0 Å². The Bertz CT molecular complexity index is 1140. The summed E-state index contributed by atoms with van der Waals surface area (Å²) >= 11 is 0. The highest BCUT2D eigenvalue weighted by Crippen LogP contribution is 2.30. The van der Waals surface area contributed by atoms with Crippen molar-refractivity contribution in [1.82, 2.24) is 19.5 Å². The molecule has 5 N–H and O–H groups in total. The third-order valence-electron chi connectivity index (χ3n) is 2.22. The molecule has 1 aliphatic rings. The van der Waals surface area contributed by atoms with Crippen LogP contribution in [0.25, 0.3) is 11.2 Å². The molecule has 3 atom stereocenters. The standard InChI is InChI=1S/C10H13N5O4/c11-10-13-8-7(9(18)14-10)12-3-15(8)6-1-4(17)5(2-16)19-6/h3-6,16-17H,1-2H2,(H3,11,13,14,18)/t4-,5+,6+/m1/s1/i1D2,2D2,3D,4D,5D,6D,16D,17D/hD3. The van der Waals surface area contributed by atoms with Crippen molar-refractivity contribution in [3.63, 3.8) is 0 Å². The van der Waals surface area contributed by atoms with Crippen LogP contribution in [0.5, 0.6) is 0 Å². The maximum absolute atomic E-state index is 12.4. The monoisotopic (exact) mass is 280 g/mol. The van der Waals surface area contributed by atoms with Crippen LogP contribution in [0.4, 0.5) is 5.95 Å². The van der Waals surface area contributed by atoms with Gasteiger partial charge in [-0.1, -0.05) is 0 Å². The van der Waals surface area contributed by atoms with Crippen molar-refractivity contribution in [2.45, 2.75) is 24.7 Å². The minimum Gasteiger partial charge on any atom is -0.394 e. The lowest BCUT2D eigenvalue weighted by Crippen LogP contribution is -2.24. The average Bonchev–Trinajstić information content (AvgIpc) is 3.10. The highest BCUT2D eigenvalue weighted by Gasteiger charge is 2.35. The number of nitrogens with zero attached hydrogens (tertiary/aromatic N) is 3. The summed E-state index contributed by atoms with van der Waals surface area (Å²) < 4.78 is 106. The molecule has 1 aliphatic heterocycles. The van der Waals surface area contributed by atoms with Crippen LogP contribution in [-0.4, -0.2) is 51.3 Å². The first-order valence-electron chi connectivity index (χ1n) is 10.9. The Morgan fingerprint density at radius 3 is 3.79 bits per heavy atom. The van der Waals surface area contributed by atoms with Gasteiger partial charge in [0, 0.05) is 9.11 Å². The van der Waals surface area contributed by atoms with Gasteiger partial charge in [-0.2, -0.15) is 4.98 Å². The number of anilines is 1. The van der Waals surface area contributed by atoms with Gasteiger partial charge in [0.2, 0.25) is 8.81 Å². The molecule has 0 aromatic carbocycles. The summed E-state index contributed by atoms with van der Waals surface area (Å²) in [7, 11) is 0. The van der Waals surface area contributed by atoms with Gasteiger partial charge in [-0.25, -0.2) is 4.98 Å². The van der Waals surface area contributed by atoms with E-state index in [1.165, 1.54) is 0 Å². The molecular formula is C10H13N5O4. The number of nitrogens with one attached hydrogen (secondary N) is 1. The summed E-state index contributed by atoms with van der Waals surface area (Å²) in [5.74, 6) is -0.985. The zero-order valence-electron chi connectivity index (χ0n) is 21.9. The Balaban J connectivity index is 2.44. The van der Waals surface area contributed by atoms with Crippen molar-refractivity contribution in [2.24, 2.45) is 0 Å². The Morgan fingerprint density at radius 2 is 3.00 bits per heavy atom. The molecule has 1 fully saturated rings. The quantitative estimate of drug-likeness (QED) is 0.514. The van der Waals surface area contributed by atoms with Crippen molar-refractivity contribution < 1.29 is 30.2 Å². The van der Waals surface area contributed by atoms with E-state index in [2.05, 4.69) is 20.2 Å². The highest BCUT2D eigenvalue weighted by atomic mass is 16.5. The second-order valence-corrected chi connectivity index (χ2v) is 3.34. The summed E-state index contributed by atoms with van der Waals surface area (Å²) in [5, 5.41) is 7.74. The molecule has 0 aliphatic carbocycles. The summed E-state index contributed by atoms with van der Waals surface area (Å²) in [5.41, 5.74) is -3.31. The minimum atomic E-state index is -3.73. The lowest BCUT2D eigenvalue weighted by molar-refractivity contribution is -0.0432. The van der Waals surface area contributed by atoms with E-state index in [9.17, 15) is 4.79 Å². The predicted molar refractivity (Wildman–Crippen MR) is 64.2 cm³/mol. The third kappa shape index (κ3) is 1.87. The van der Waals surface area contributed by atoms with Crippen LogP contribution in [0, 0.1) is 0 Å². The van der Waals surface area contributed by atoms with E-state index in [1.807, 2.05) is 0 Å². The van der Waals surface area contributed by atoms with E-state index < -0.39 is 60.3 Å². The average molecular weight is 280 g/mol. The number of nitrogens with two attached hydrogens (primary N) is 1. The van der Waals surface area contributed by atoms with Gasteiger partial charge in [-0.3, -0.25) is 14.3 Å². The van der Waals surface area contributed by atoms with E-state index in [0.29, 0.717) is 0 Å². The minimum absolute atomic E-state index is 0.0388. The maximum Gasteiger partial charge on any atom is 0.280 e. The number of ether oxygens (including phenoxy) is 1. The van der Waals surface area contributed by atoms with Crippen LogP contribution in [0.2, 0.25) is 4.24 Å². The van der Waals surface area contributed by atoms with E-state index in [-0.39, 0.29) is 15.3 Å². The number of hydrogen-bond acceptors (Lipinski definition) is 7. The number of fused-ring (bicyclic) bond motifs is 1. The zero-order valence-corrected chi connectivity index (χ0v) is 8.87. The fraction of sp³-hybridized carbons (Fsp3) is 0.500. The largest absolute Gasteiger partial charge is 0.394 e. The maximum atomic E-state index is 12.4. The van der Waals surface area contributed by atoms with Crippen LogP contribution in [0.3, 0.4) is 0 Å². The molecule has 1 saturated heterocycles. The fourth-order valence-electron chi connectivity index (χ4n) is 1.45. The van der Waals surface area contributed by atoms with E-state index in [4.69, 9.17) is 22.8 Å². The SMILES string of the molecule is [2H]OC([2H])([2H])[C@]1([2H])O[C@]([2H])(n2c([2H])nc3c(=O)n([2H])c(N([2H])[2H])nc32)C([2H])([2H])[C@@]1([2H])O[2H]. The number of hydrogen-bond donors (Lipinski definition) is 4. The van der Waals surface area contributed by atoms with Gasteiger partial charge in [0.05, 0.1) is 25.8 Å². The Morgan fingerprint density at radius 1 is 2.05 bits per heavy atom. The summed E-state index contributed by atoms with van der Waals surface area (Å²) in [4.78, 5) is 19.4. The Labute approximate surface area is 125 Å². The van der Waals surface area contributed by atoms with Gasteiger partial charge in [0.15, 0.2) is 15.4 Å². The number of aromatic nitrogens is 4. The number of aliphatic hydroxyl groups is 2. The summed E-state index contributed by atoms with van der Waals surface area (Å²) in [6.45, 7) is -3.67. The molecule has 0 radical (unpaired) electrons. The third-order valence-corrected chi connectivity index (χ3v) is 2.22. The Hall–Kier alpha value is -1.97. The number of aromatic amines is 1. The first-order valence-corrected chi connectivity index (χ1v) is 4.76. The summed E-state index contributed by atoms with van der Waals surface area (Å²) in [6, 6.07) is 0. The van der Waals surface area contributed by atoms with E-state index >= 15 is 0 Å². The molecule has 2 aromatic heterocycles. The molecule has 19 heavy (non-hydrogen) atoms. The van der Waals surface area contributed by atoms with Gasteiger partial charge in [0.25, 0.3) is 5.56 Å². The van der Waals surface area contributed by atoms with E-state index in [1.54, 1.807) is 0 Å². The van der Waals surface area contributed by atoms with Crippen molar-refractivity contribution in [3.8, 4) is 0 Å². The molecular weight excluding hydrogens is 254 g/mol.